The molecule has 1 heterocycles. The summed E-state index contributed by atoms with van der Waals surface area (Å²) < 4.78 is 14.6. The summed E-state index contributed by atoms with van der Waals surface area (Å²) in [6, 6.07) is 7.01. The predicted octanol–water partition coefficient (Wildman–Crippen LogP) is 4.38. The van der Waals surface area contributed by atoms with Crippen LogP contribution in [0.4, 0.5) is 15.9 Å². The van der Waals surface area contributed by atoms with Crippen molar-refractivity contribution >= 4 is 27.4 Å². The molecule has 1 N–H and O–H groups in total. The summed E-state index contributed by atoms with van der Waals surface area (Å²) in [5.41, 5.74) is 0.312. The van der Waals surface area contributed by atoms with Gasteiger partial charge in [-0.2, -0.15) is 0 Å². The van der Waals surface area contributed by atoms with Crippen molar-refractivity contribution in [3.8, 4) is 11.3 Å². The van der Waals surface area contributed by atoms with E-state index in [0.717, 1.165) is 6.42 Å². The number of nitrogens with zero attached hydrogens (tertiary/aromatic N) is 2. The molecule has 21 heavy (non-hydrogen) atoms. The second-order valence-electron chi connectivity index (χ2n) is 4.40. The number of anilines is 1. The van der Waals surface area contributed by atoms with Crippen LogP contribution in [0.25, 0.3) is 11.3 Å². The lowest BCUT2D eigenvalue weighted by molar-refractivity contribution is -0.384. The minimum Gasteiger partial charge on any atom is -0.370 e. The van der Waals surface area contributed by atoms with Crippen molar-refractivity contribution in [2.24, 2.45) is 0 Å². The molecule has 110 valence electrons. The molecule has 0 aliphatic heterocycles. The number of halogens is 2. The highest BCUT2D eigenvalue weighted by atomic mass is 79.9. The van der Waals surface area contributed by atoms with Crippen LogP contribution in [0.3, 0.4) is 0 Å². The molecule has 0 amide bonds. The molecule has 2 aromatic rings. The van der Waals surface area contributed by atoms with Gasteiger partial charge in [-0.15, -0.1) is 0 Å². The van der Waals surface area contributed by atoms with Crippen LogP contribution >= 0.6 is 15.9 Å². The highest BCUT2D eigenvalue weighted by Gasteiger charge is 2.15. The van der Waals surface area contributed by atoms with E-state index in [1.165, 1.54) is 18.2 Å². The summed E-state index contributed by atoms with van der Waals surface area (Å²) in [7, 11) is 0. The van der Waals surface area contributed by atoms with Crippen LogP contribution in [0, 0.1) is 15.9 Å². The molecule has 1 aromatic heterocycles. The van der Waals surface area contributed by atoms with Crippen LogP contribution in [0.5, 0.6) is 0 Å². The van der Waals surface area contributed by atoms with E-state index < -0.39 is 10.7 Å². The van der Waals surface area contributed by atoms with Crippen molar-refractivity contribution in [1.29, 1.82) is 0 Å². The van der Waals surface area contributed by atoms with E-state index in [9.17, 15) is 14.5 Å². The van der Waals surface area contributed by atoms with Gasteiger partial charge in [0.05, 0.1) is 16.7 Å². The predicted molar refractivity (Wildman–Crippen MR) is 82.8 cm³/mol. The molecule has 5 nitrogen and oxygen atoms in total. The van der Waals surface area contributed by atoms with Gasteiger partial charge in [-0.05, 0) is 24.6 Å². The molecule has 1 aromatic carbocycles. The van der Waals surface area contributed by atoms with Crippen molar-refractivity contribution in [1.82, 2.24) is 4.98 Å². The average molecular weight is 354 g/mol. The molecule has 0 aliphatic rings. The maximum absolute atomic E-state index is 13.9. The van der Waals surface area contributed by atoms with Gasteiger partial charge in [0.1, 0.15) is 11.6 Å². The zero-order chi connectivity index (χ0) is 15.4. The van der Waals surface area contributed by atoms with E-state index in [1.54, 1.807) is 12.1 Å². The molecule has 0 atom stereocenters. The molecule has 0 saturated heterocycles. The Morgan fingerprint density at radius 1 is 1.38 bits per heavy atom. The van der Waals surface area contributed by atoms with Gasteiger partial charge >= 0.3 is 0 Å². The monoisotopic (exact) mass is 353 g/mol. The first kappa shape index (κ1) is 15.4. The lowest BCUT2D eigenvalue weighted by atomic mass is 10.1. The van der Waals surface area contributed by atoms with E-state index in [2.05, 4.69) is 26.2 Å². The van der Waals surface area contributed by atoms with Gasteiger partial charge in [0, 0.05) is 22.6 Å². The Morgan fingerprint density at radius 2 is 2.14 bits per heavy atom. The molecular weight excluding hydrogens is 341 g/mol. The summed E-state index contributed by atoms with van der Waals surface area (Å²) in [6.45, 7) is 2.60. The van der Waals surface area contributed by atoms with E-state index in [0.29, 0.717) is 16.8 Å². The number of rotatable bonds is 5. The SMILES string of the molecule is CCCNc1cc([N+](=O)[O-])cc(-c2cc(Br)ccc2F)n1. The molecule has 0 radical (unpaired) electrons. The van der Waals surface area contributed by atoms with Gasteiger partial charge in [0.15, 0.2) is 0 Å². The third kappa shape index (κ3) is 3.75. The zero-order valence-corrected chi connectivity index (χ0v) is 12.9. The second-order valence-corrected chi connectivity index (χ2v) is 5.32. The van der Waals surface area contributed by atoms with Gasteiger partial charge in [0.25, 0.3) is 5.69 Å². The first-order chi connectivity index (χ1) is 10.0. The number of hydrogen-bond acceptors (Lipinski definition) is 4. The summed E-state index contributed by atoms with van der Waals surface area (Å²) >= 11 is 3.26. The van der Waals surface area contributed by atoms with E-state index in [4.69, 9.17) is 0 Å². The van der Waals surface area contributed by atoms with Crippen LogP contribution < -0.4 is 5.32 Å². The third-order valence-electron chi connectivity index (χ3n) is 2.78. The van der Waals surface area contributed by atoms with Gasteiger partial charge in [-0.25, -0.2) is 9.37 Å². The maximum atomic E-state index is 13.9. The summed E-state index contributed by atoms with van der Waals surface area (Å²) in [6.07, 6.45) is 0.852. The Bertz CT molecular complexity index is 679. The fourth-order valence-corrected chi connectivity index (χ4v) is 2.16. The lowest BCUT2D eigenvalue weighted by Gasteiger charge is -2.08. The molecule has 2 rings (SSSR count). The molecule has 0 spiro atoms. The third-order valence-corrected chi connectivity index (χ3v) is 3.27. The smallest absolute Gasteiger partial charge is 0.275 e. The summed E-state index contributed by atoms with van der Waals surface area (Å²) in [5.74, 6) is -0.118. The standard InChI is InChI=1S/C14H13BrFN3O2/c1-2-5-17-14-8-10(19(20)21)7-13(18-14)11-6-9(15)3-4-12(11)16/h3-4,6-8H,2,5H2,1H3,(H,17,18). The number of benzene rings is 1. The minimum atomic E-state index is -0.516. The number of hydrogen-bond donors (Lipinski definition) is 1. The van der Waals surface area contributed by atoms with E-state index >= 15 is 0 Å². The molecule has 0 aliphatic carbocycles. The first-order valence-electron chi connectivity index (χ1n) is 6.37. The Morgan fingerprint density at radius 3 is 2.81 bits per heavy atom. The molecule has 0 unspecified atom stereocenters. The number of nitro groups is 1. The normalized spacial score (nSPS) is 10.4. The van der Waals surface area contributed by atoms with Crippen LogP contribution in [-0.4, -0.2) is 16.5 Å². The quantitative estimate of drug-likeness (QED) is 0.639. The van der Waals surface area contributed by atoms with Crippen molar-refractivity contribution in [3.05, 3.63) is 50.7 Å². The van der Waals surface area contributed by atoms with Crippen LogP contribution in [0.15, 0.2) is 34.8 Å². The van der Waals surface area contributed by atoms with E-state index in [-0.39, 0.29) is 16.9 Å². The zero-order valence-electron chi connectivity index (χ0n) is 11.3. The Kier molecular flexibility index (Phi) is 4.85. The van der Waals surface area contributed by atoms with Crippen molar-refractivity contribution in [2.45, 2.75) is 13.3 Å². The lowest BCUT2D eigenvalue weighted by Crippen LogP contribution is -2.04. The summed E-state index contributed by atoms with van der Waals surface area (Å²) in [4.78, 5) is 14.7. The van der Waals surface area contributed by atoms with Crippen LogP contribution in [0.2, 0.25) is 0 Å². The molecule has 0 saturated carbocycles. The topological polar surface area (TPSA) is 68.1 Å². The van der Waals surface area contributed by atoms with Gasteiger partial charge in [0.2, 0.25) is 0 Å². The molecule has 0 bridgehead atoms. The van der Waals surface area contributed by atoms with Gasteiger partial charge in [-0.1, -0.05) is 22.9 Å². The fourth-order valence-electron chi connectivity index (χ4n) is 1.80. The fraction of sp³-hybridized carbons (Fsp3) is 0.214. The Labute approximate surface area is 129 Å². The van der Waals surface area contributed by atoms with Gasteiger partial charge < -0.3 is 5.32 Å². The largest absolute Gasteiger partial charge is 0.370 e. The number of aromatic nitrogens is 1. The van der Waals surface area contributed by atoms with Crippen LogP contribution in [0.1, 0.15) is 13.3 Å². The Hall–Kier alpha value is -2.02. The minimum absolute atomic E-state index is 0.127. The first-order valence-corrected chi connectivity index (χ1v) is 7.16. The van der Waals surface area contributed by atoms with E-state index in [1.807, 2.05) is 6.92 Å². The second kappa shape index (κ2) is 6.62. The van der Waals surface area contributed by atoms with Gasteiger partial charge in [-0.3, -0.25) is 10.1 Å². The van der Waals surface area contributed by atoms with Crippen molar-refractivity contribution < 1.29 is 9.31 Å². The number of pyridine rings is 1. The summed E-state index contributed by atoms with van der Waals surface area (Å²) in [5, 5.41) is 14.0. The molecular formula is C14H13BrFN3O2. The molecule has 0 fully saturated rings. The highest BCUT2D eigenvalue weighted by molar-refractivity contribution is 9.10. The van der Waals surface area contributed by atoms with Crippen molar-refractivity contribution in [2.75, 3.05) is 11.9 Å². The Balaban J connectivity index is 2.53. The highest BCUT2D eigenvalue weighted by Crippen LogP contribution is 2.29. The molecule has 7 heteroatoms. The average Bonchev–Trinajstić information content (AvgIpc) is 2.47. The number of nitrogens with one attached hydrogen (secondary N) is 1. The van der Waals surface area contributed by atoms with Crippen LogP contribution in [-0.2, 0) is 0 Å². The maximum Gasteiger partial charge on any atom is 0.275 e. The van der Waals surface area contributed by atoms with Crippen molar-refractivity contribution in [3.63, 3.8) is 0 Å².